The van der Waals surface area contributed by atoms with Gasteiger partial charge in [0.1, 0.15) is 0 Å². The van der Waals surface area contributed by atoms with Crippen molar-refractivity contribution in [1.82, 2.24) is 0 Å². The minimum absolute atomic E-state index is 0.00875. The normalized spacial score (nSPS) is 15.3. The predicted molar refractivity (Wildman–Crippen MR) is 126 cm³/mol. The molecule has 3 rings (SSSR count). The van der Waals surface area contributed by atoms with E-state index in [4.69, 9.17) is 9.47 Å². The maximum Gasteiger partial charge on any atom is 0.338 e. The number of aryl methyl sites for hydroxylation is 2. The molecule has 1 saturated heterocycles. The highest BCUT2D eigenvalue weighted by atomic mass is 79.9. The van der Waals surface area contributed by atoms with Gasteiger partial charge in [0, 0.05) is 28.8 Å². The molecule has 1 atom stereocenters. The van der Waals surface area contributed by atoms with Crippen molar-refractivity contribution in [3.05, 3.63) is 57.6 Å². The number of hydrogen-bond acceptors (Lipinski definition) is 6. The third kappa shape index (κ3) is 5.98. The average molecular weight is 517 g/mol. The highest BCUT2D eigenvalue weighted by molar-refractivity contribution is 9.10. The van der Waals surface area contributed by atoms with Crippen molar-refractivity contribution in [3.8, 4) is 0 Å². The van der Waals surface area contributed by atoms with Crippen molar-refractivity contribution in [2.24, 2.45) is 5.92 Å². The van der Waals surface area contributed by atoms with Crippen LogP contribution >= 0.6 is 15.9 Å². The van der Waals surface area contributed by atoms with Crippen LogP contribution in [0, 0.1) is 19.8 Å². The summed E-state index contributed by atoms with van der Waals surface area (Å²) >= 11 is 3.48. The average Bonchev–Trinajstić information content (AvgIpc) is 3.17. The zero-order valence-corrected chi connectivity index (χ0v) is 20.2. The monoisotopic (exact) mass is 516 g/mol. The van der Waals surface area contributed by atoms with Gasteiger partial charge in [-0.2, -0.15) is 0 Å². The number of amides is 2. The van der Waals surface area contributed by atoms with Gasteiger partial charge in [-0.1, -0.05) is 15.9 Å². The second kappa shape index (κ2) is 10.6. The molecule has 33 heavy (non-hydrogen) atoms. The quantitative estimate of drug-likeness (QED) is 0.561. The van der Waals surface area contributed by atoms with E-state index < -0.39 is 30.4 Å². The van der Waals surface area contributed by atoms with Crippen LogP contribution < -0.4 is 10.2 Å². The molecular weight excluding hydrogens is 492 g/mol. The van der Waals surface area contributed by atoms with E-state index in [0.717, 1.165) is 15.6 Å². The molecule has 9 heteroatoms. The Kier molecular flexibility index (Phi) is 7.86. The zero-order chi connectivity index (χ0) is 24.1. The highest BCUT2D eigenvalue weighted by Crippen LogP contribution is 2.27. The van der Waals surface area contributed by atoms with Gasteiger partial charge in [-0.05, 0) is 68.3 Å². The van der Waals surface area contributed by atoms with Crippen molar-refractivity contribution in [3.63, 3.8) is 0 Å². The Morgan fingerprint density at radius 2 is 1.73 bits per heavy atom. The van der Waals surface area contributed by atoms with Crippen LogP contribution in [0.3, 0.4) is 0 Å². The summed E-state index contributed by atoms with van der Waals surface area (Å²) in [7, 11) is 0. The molecule has 0 bridgehead atoms. The van der Waals surface area contributed by atoms with E-state index in [1.54, 1.807) is 31.2 Å². The van der Waals surface area contributed by atoms with Gasteiger partial charge in [0.25, 0.3) is 5.91 Å². The molecule has 1 aliphatic rings. The topological polar surface area (TPSA) is 102 Å². The number of carbonyl (C=O) groups excluding carboxylic acids is 4. The van der Waals surface area contributed by atoms with Gasteiger partial charge in [0.2, 0.25) is 5.91 Å². The first-order valence-electron chi connectivity index (χ1n) is 10.5. The van der Waals surface area contributed by atoms with E-state index in [-0.39, 0.29) is 25.5 Å². The third-order valence-corrected chi connectivity index (χ3v) is 6.47. The van der Waals surface area contributed by atoms with Crippen molar-refractivity contribution in [2.45, 2.75) is 27.2 Å². The molecule has 1 aliphatic heterocycles. The smallest absolute Gasteiger partial charge is 0.338 e. The molecule has 0 aliphatic carbocycles. The molecule has 1 heterocycles. The molecule has 2 aromatic rings. The molecule has 0 unspecified atom stereocenters. The number of ether oxygens (including phenoxy) is 2. The summed E-state index contributed by atoms with van der Waals surface area (Å²) in [5, 5.41) is 2.71. The summed E-state index contributed by atoms with van der Waals surface area (Å²) in [5.74, 6) is -2.41. The summed E-state index contributed by atoms with van der Waals surface area (Å²) in [5.41, 5.74) is 3.51. The van der Waals surface area contributed by atoms with Crippen LogP contribution in [0.4, 0.5) is 11.4 Å². The standard InChI is InChI=1S/C24H25BrN2O6/c1-4-32-23(30)16-5-7-19(8-6-16)27-12-17(11-21(27)29)24(31)33-13-20(28)26-18-9-14(2)22(25)15(3)10-18/h5-10,17H,4,11-13H2,1-3H3,(H,26,28)/t17-/m0/s1. The molecule has 0 spiro atoms. The Labute approximate surface area is 200 Å². The van der Waals surface area contributed by atoms with E-state index in [0.29, 0.717) is 16.9 Å². The molecule has 174 valence electrons. The van der Waals surface area contributed by atoms with Crippen LogP contribution in [0.5, 0.6) is 0 Å². The van der Waals surface area contributed by atoms with E-state index in [9.17, 15) is 19.2 Å². The van der Waals surface area contributed by atoms with Crippen LogP contribution in [0.15, 0.2) is 40.9 Å². The Bertz CT molecular complexity index is 1060. The summed E-state index contributed by atoms with van der Waals surface area (Å²) in [6.07, 6.45) is -0.00875. The number of hydrogen-bond donors (Lipinski definition) is 1. The minimum Gasteiger partial charge on any atom is -0.462 e. The maximum atomic E-state index is 12.4. The van der Waals surface area contributed by atoms with Crippen molar-refractivity contribution < 1.29 is 28.7 Å². The van der Waals surface area contributed by atoms with Gasteiger partial charge in [0.05, 0.1) is 18.1 Å². The number of esters is 2. The molecule has 0 radical (unpaired) electrons. The lowest BCUT2D eigenvalue weighted by molar-refractivity contribution is -0.151. The lowest BCUT2D eigenvalue weighted by atomic mass is 10.1. The van der Waals surface area contributed by atoms with E-state index in [2.05, 4.69) is 21.2 Å². The third-order valence-electron chi connectivity index (χ3n) is 5.21. The summed E-state index contributed by atoms with van der Waals surface area (Å²) < 4.78 is 11.1. The number of halogens is 1. The van der Waals surface area contributed by atoms with Crippen molar-refractivity contribution in [2.75, 3.05) is 30.0 Å². The summed E-state index contributed by atoms with van der Waals surface area (Å²) in [6.45, 7) is 5.53. The largest absolute Gasteiger partial charge is 0.462 e. The lowest BCUT2D eigenvalue weighted by Gasteiger charge is -2.17. The molecule has 2 amide bonds. The van der Waals surface area contributed by atoms with Gasteiger partial charge in [0.15, 0.2) is 6.61 Å². The Morgan fingerprint density at radius 1 is 1.09 bits per heavy atom. The van der Waals surface area contributed by atoms with Crippen LogP contribution in [0.25, 0.3) is 0 Å². The van der Waals surface area contributed by atoms with Gasteiger partial charge >= 0.3 is 11.9 Å². The first-order chi connectivity index (χ1) is 15.7. The van der Waals surface area contributed by atoms with Crippen molar-refractivity contribution >= 4 is 51.1 Å². The fraction of sp³-hybridized carbons (Fsp3) is 0.333. The fourth-order valence-corrected chi connectivity index (χ4v) is 3.81. The molecule has 8 nitrogen and oxygen atoms in total. The zero-order valence-electron chi connectivity index (χ0n) is 18.6. The summed E-state index contributed by atoms with van der Waals surface area (Å²) in [4.78, 5) is 50.3. The Balaban J connectivity index is 1.53. The summed E-state index contributed by atoms with van der Waals surface area (Å²) in [6, 6.07) is 10.0. The van der Waals surface area contributed by atoms with Crippen molar-refractivity contribution in [1.29, 1.82) is 0 Å². The van der Waals surface area contributed by atoms with Crippen LogP contribution in [-0.2, 0) is 23.9 Å². The fourth-order valence-electron chi connectivity index (χ4n) is 3.58. The highest BCUT2D eigenvalue weighted by Gasteiger charge is 2.36. The molecular formula is C24H25BrN2O6. The van der Waals surface area contributed by atoms with E-state index in [1.165, 1.54) is 4.90 Å². The lowest BCUT2D eigenvalue weighted by Crippen LogP contribution is -2.28. The number of rotatable bonds is 7. The second-order valence-corrected chi connectivity index (χ2v) is 8.55. The van der Waals surface area contributed by atoms with E-state index in [1.807, 2.05) is 26.0 Å². The van der Waals surface area contributed by atoms with E-state index >= 15 is 0 Å². The number of nitrogens with one attached hydrogen (secondary N) is 1. The molecule has 0 aromatic heterocycles. The van der Waals surface area contributed by atoms with Gasteiger partial charge in [-0.15, -0.1) is 0 Å². The molecule has 1 fully saturated rings. The van der Waals surface area contributed by atoms with Gasteiger partial charge < -0.3 is 19.7 Å². The van der Waals surface area contributed by atoms with Crippen LogP contribution in [0.2, 0.25) is 0 Å². The van der Waals surface area contributed by atoms with Crippen LogP contribution in [0.1, 0.15) is 34.8 Å². The Morgan fingerprint density at radius 3 is 2.33 bits per heavy atom. The SMILES string of the molecule is CCOC(=O)c1ccc(N2C[C@@H](C(=O)OCC(=O)Nc3cc(C)c(Br)c(C)c3)CC2=O)cc1. The molecule has 0 saturated carbocycles. The first kappa shape index (κ1) is 24.4. The number of anilines is 2. The second-order valence-electron chi connectivity index (χ2n) is 7.75. The van der Waals surface area contributed by atoms with Crippen LogP contribution in [-0.4, -0.2) is 43.5 Å². The van der Waals surface area contributed by atoms with Gasteiger partial charge in [-0.25, -0.2) is 4.79 Å². The maximum absolute atomic E-state index is 12.4. The molecule has 1 N–H and O–H groups in total. The first-order valence-corrected chi connectivity index (χ1v) is 11.3. The number of carbonyl (C=O) groups is 4. The number of nitrogens with zero attached hydrogens (tertiary/aromatic N) is 1. The number of benzene rings is 2. The predicted octanol–water partition coefficient (Wildman–Crippen LogP) is 3.78. The minimum atomic E-state index is -0.674. The molecule has 2 aromatic carbocycles. The Hall–Kier alpha value is -3.20. The van der Waals surface area contributed by atoms with Gasteiger partial charge in [-0.3, -0.25) is 14.4 Å².